The van der Waals surface area contributed by atoms with Crippen LogP contribution in [0.4, 0.5) is 0 Å². The lowest BCUT2D eigenvalue weighted by Gasteiger charge is -2.51. The predicted octanol–water partition coefficient (Wildman–Crippen LogP) is 1.12. The van der Waals surface area contributed by atoms with Crippen LogP contribution in [0.3, 0.4) is 0 Å². The van der Waals surface area contributed by atoms with Gasteiger partial charge in [-0.25, -0.2) is 0 Å². The number of carbonyl (C=O) groups is 1. The SMILES string of the molecule is COC1=C[C@@]23C=C[C@@H]1[C@H]1C=C[C@]2(COC3)C(=O)N1C. The van der Waals surface area contributed by atoms with E-state index in [2.05, 4.69) is 30.4 Å². The van der Waals surface area contributed by atoms with Crippen molar-refractivity contribution in [2.24, 2.45) is 16.7 Å². The minimum Gasteiger partial charge on any atom is -0.501 e. The number of hydrogen-bond acceptors (Lipinski definition) is 3. The molecule has 0 aromatic heterocycles. The highest BCUT2D eigenvalue weighted by atomic mass is 16.5. The van der Waals surface area contributed by atoms with E-state index in [0.29, 0.717) is 13.2 Å². The zero-order valence-electron chi connectivity index (χ0n) is 11.1. The molecule has 4 heterocycles. The second-order valence-corrected chi connectivity index (χ2v) is 5.91. The number of nitrogens with zero attached hydrogens (tertiary/aromatic N) is 1. The van der Waals surface area contributed by atoms with Crippen LogP contribution in [0.15, 0.2) is 36.1 Å². The van der Waals surface area contributed by atoms with E-state index in [4.69, 9.17) is 9.47 Å². The van der Waals surface area contributed by atoms with Crippen LogP contribution in [0.1, 0.15) is 0 Å². The molecule has 19 heavy (non-hydrogen) atoms. The molecule has 4 bridgehead atoms. The topological polar surface area (TPSA) is 38.8 Å². The van der Waals surface area contributed by atoms with Crippen molar-refractivity contribution in [1.82, 2.24) is 4.90 Å². The van der Waals surface area contributed by atoms with E-state index in [-0.39, 0.29) is 23.3 Å². The molecule has 0 N–H and O–H groups in total. The third kappa shape index (κ3) is 1.08. The van der Waals surface area contributed by atoms with Crippen molar-refractivity contribution in [3.8, 4) is 0 Å². The van der Waals surface area contributed by atoms with Crippen molar-refractivity contribution < 1.29 is 14.3 Å². The van der Waals surface area contributed by atoms with Crippen molar-refractivity contribution in [2.45, 2.75) is 6.04 Å². The average Bonchev–Trinajstić information content (AvgIpc) is 2.71. The second kappa shape index (κ2) is 3.31. The minimum atomic E-state index is -0.593. The molecule has 100 valence electrons. The van der Waals surface area contributed by atoms with Crippen LogP contribution < -0.4 is 0 Å². The Bertz CT molecular complexity index is 550. The van der Waals surface area contributed by atoms with Crippen LogP contribution in [-0.4, -0.2) is 44.2 Å². The fourth-order valence-electron chi connectivity index (χ4n) is 3.99. The molecule has 1 fully saturated rings. The van der Waals surface area contributed by atoms with Crippen LogP contribution >= 0.6 is 0 Å². The van der Waals surface area contributed by atoms with Gasteiger partial charge in [-0.05, 0) is 6.08 Å². The number of rotatable bonds is 1. The van der Waals surface area contributed by atoms with E-state index in [1.807, 2.05) is 11.9 Å². The standard InChI is InChI=1S/C15H17NO3/c1-16-11-4-6-15(13(16)17)9-19-8-14(15)5-3-10(11)12(7-14)18-2/h3-7,10-11H,8-9H2,1-2H3/t10-,11-,14-,15+/m1/s1. The van der Waals surface area contributed by atoms with Crippen LogP contribution in [0.25, 0.3) is 0 Å². The highest BCUT2D eigenvalue weighted by molar-refractivity contribution is 5.89. The highest BCUT2D eigenvalue weighted by Gasteiger charge is 2.63. The Morgan fingerprint density at radius 2 is 2.21 bits per heavy atom. The Labute approximate surface area is 112 Å². The molecular formula is C15H17NO3. The fourth-order valence-corrected chi connectivity index (χ4v) is 3.99. The Morgan fingerprint density at radius 1 is 1.37 bits per heavy atom. The second-order valence-electron chi connectivity index (χ2n) is 5.91. The first-order valence-electron chi connectivity index (χ1n) is 6.64. The molecule has 4 aliphatic heterocycles. The third-order valence-corrected chi connectivity index (χ3v) is 5.16. The Kier molecular flexibility index (Phi) is 1.97. The Hall–Kier alpha value is -1.55. The quantitative estimate of drug-likeness (QED) is 0.662. The molecule has 3 aliphatic carbocycles. The van der Waals surface area contributed by atoms with Crippen molar-refractivity contribution in [3.05, 3.63) is 36.1 Å². The average molecular weight is 259 g/mol. The lowest BCUT2D eigenvalue weighted by Crippen LogP contribution is -2.59. The van der Waals surface area contributed by atoms with Crippen LogP contribution in [-0.2, 0) is 14.3 Å². The number of amides is 1. The van der Waals surface area contributed by atoms with E-state index < -0.39 is 5.41 Å². The van der Waals surface area contributed by atoms with Gasteiger partial charge in [0.2, 0.25) is 5.91 Å². The van der Waals surface area contributed by atoms with Gasteiger partial charge in [-0.15, -0.1) is 0 Å². The molecule has 7 rings (SSSR count). The molecule has 7 aliphatic rings. The number of ether oxygens (including phenoxy) is 2. The molecule has 1 saturated heterocycles. The van der Waals surface area contributed by atoms with E-state index in [1.165, 1.54) is 0 Å². The van der Waals surface area contributed by atoms with Crippen molar-refractivity contribution >= 4 is 5.91 Å². The summed E-state index contributed by atoms with van der Waals surface area (Å²) < 4.78 is 11.3. The smallest absolute Gasteiger partial charge is 0.236 e. The first-order valence-corrected chi connectivity index (χ1v) is 6.64. The molecule has 0 aromatic rings. The van der Waals surface area contributed by atoms with Gasteiger partial charge in [-0.3, -0.25) is 4.79 Å². The Morgan fingerprint density at radius 3 is 3.00 bits per heavy atom. The number of methoxy groups -OCH3 is 1. The van der Waals surface area contributed by atoms with Gasteiger partial charge in [0.05, 0.1) is 37.7 Å². The number of carbonyl (C=O) groups excluding carboxylic acids is 1. The van der Waals surface area contributed by atoms with Crippen molar-refractivity contribution in [3.63, 3.8) is 0 Å². The predicted molar refractivity (Wildman–Crippen MR) is 69.1 cm³/mol. The molecule has 4 atom stereocenters. The van der Waals surface area contributed by atoms with Gasteiger partial charge < -0.3 is 14.4 Å². The first kappa shape index (κ1) is 11.3. The summed E-state index contributed by atoms with van der Waals surface area (Å²) in [4.78, 5) is 14.7. The van der Waals surface area contributed by atoms with Crippen molar-refractivity contribution in [2.75, 3.05) is 27.4 Å². The van der Waals surface area contributed by atoms with Gasteiger partial charge in [-0.2, -0.15) is 0 Å². The summed E-state index contributed by atoms with van der Waals surface area (Å²) in [5.74, 6) is 1.23. The maximum Gasteiger partial charge on any atom is 0.236 e. The van der Waals surface area contributed by atoms with Crippen LogP contribution in [0, 0.1) is 16.7 Å². The van der Waals surface area contributed by atoms with Gasteiger partial charge in [0, 0.05) is 7.05 Å². The van der Waals surface area contributed by atoms with Crippen LogP contribution in [0.2, 0.25) is 0 Å². The Balaban J connectivity index is 2.02. The fraction of sp³-hybridized carbons (Fsp3) is 0.533. The number of likely N-dealkylation sites (N-methyl/N-ethyl adjacent to an activating group) is 1. The van der Waals surface area contributed by atoms with Crippen molar-refractivity contribution in [1.29, 1.82) is 0 Å². The van der Waals surface area contributed by atoms with E-state index in [0.717, 1.165) is 5.76 Å². The molecule has 0 unspecified atom stereocenters. The van der Waals surface area contributed by atoms with Gasteiger partial charge in [0.15, 0.2) is 0 Å². The zero-order valence-corrected chi connectivity index (χ0v) is 11.1. The maximum absolute atomic E-state index is 12.8. The van der Waals surface area contributed by atoms with Gasteiger partial charge in [0.25, 0.3) is 0 Å². The molecule has 0 radical (unpaired) electrons. The zero-order chi connectivity index (χ0) is 13.3. The first-order chi connectivity index (χ1) is 9.13. The molecule has 0 saturated carbocycles. The molecular weight excluding hydrogens is 242 g/mol. The molecule has 2 spiro atoms. The summed E-state index contributed by atoms with van der Waals surface area (Å²) in [5, 5.41) is 0. The summed E-state index contributed by atoms with van der Waals surface area (Å²) in [6.07, 6.45) is 10.7. The summed E-state index contributed by atoms with van der Waals surface area (Å²) >= 11 is 0. The lowest BCUT2D eigenvalue weighted by atomic mass is 9.58. The van der Waals surface area contributed by atoms with Gasteiger partial charge in [0.1, 0.15) is 11.2 Å². The molecule has 1 amide bonds. The van der Waals surface area contributed by atoms with Crippen LogP contribution in [0.5, 0.6) is 0 Å². The summed E-state index contributed by atoms with van der Waals surface area (Å²) in [6, 6.07) is 0.0412. The van der Waals surface area contributed by atoms with Gasteiger partial charge in [-0.1, -0.05) is 24.3 Å². The largest absolute Gasteiger partial charge is 0.501 e. The summed E-state index contributed by atoms with van der Waals surface area (Å²) in [5.41, 5.74) is -0.980. The van der Waals surface area contributed by atoms with E-state index in [1.54, 1.807) is 7.11 Å². The normalized spacial score (nSPS) is 46.1. The maximum atomic E-state index is 12.8. The number of hydrogen-bond donors (Lipinski definition) is 0. The summed E-state index contributed by atoms with van der Waals surface area (Å²) in [7, 11) is 3.58. The molecule has 0 aromatic carbocycles. The van der Waals surface area contributed by atoms with Gasteiger partial charge >= 0.3 is 0 Å². The summed E-state index contributed by atoms with van der Waals surface area (Å²) in [6.45, 7) is 0.986. The minimum absolute atomic E-state index is 0.0412. The highest BCUT2D eigenvalue weighted by Crippen LogP contribution is 2.57. The molecule has 4 heteroatoms. The van der Waals surface area contributed by atoms with E-state index in [9.17, 15) is 4.79 Å². The van der Waals surface area contributed by atoms with E-state index >= 15 is 0 Å². The molecule has 4 nitrogen and oxygen atoms in total. The monoisotopic (exact) mass is 259 g/mol. The lowest BCUT2D eigenvalue weighted by molar-refractivity contribution is -0.144. The third-order valence-electron chi connectivity index (χ3n) is 5.16.